The predicted molar refractivity (Wildman–Crippen MR) is 169 cm³/mol. The summed E-state index contributed by atoms with van der Waals surface area (Å²) in [5.41, 5.74) is 4.95. The van der Waals surface area contributed by atoms with Crippen LogP contribution in [-0.2, 0) is 10.0 Å². The number of non-ortho nitro benzene ring substituents is 1. The molecule has 1 aliphatic heterocycles. The quantitative estimate of drug-likeness (QED) is 0.237. The van der Waals surface area contributed by atoms with Crippen LogP contribution in [0.3, 0.4) is 0 Å². The van der Waals surface area contributed by atoms with E-state index in [1.54, 1.807) is 12.1 Å². The van der Waals surface area contributed by atoms with E-state index < -0.39 is 20.9 Å². The van der Waals surface area contributed by atoms with Gasteiger partial charge in [-0.3, -0.25) is 19.8 Å². The molecule has 5 rings (SSSR count). The van der Waals surface area contributed by atoms with Crippen molar-refractivity contribution in [3.05, 3.63) is 105 Å². The molecule has 43 heavy (non-hydrogen) atoms. The lowest BCUT2D eigenvalue weighted by molar-refractivity contribution is -0.384. The van der Waals surface area contributed by atoms with Crippen LogP contribution in [0, 0.1) is 15.5 Å². The van der Waals surface area contributed by atoms with Crippen molar-refractivity contribution in [2.24, 2.45) is 5.41 Å². The Labute approximate surface area is 257 Å². The van der Waals surface area contributed by atoms with Gasteiger partial charge in [0.1, 0.15) is 0 Å². The smallest absolute Gasteiger partial charge is 0.270 e. The molecule has 0 unspecified atom stereocenters. The first-order chi connectivity index (χ1) is 20.4. The van der Waals surface area contributed by atoms with Crippen LogP contribution in [-0.4, -0.2) is 56.9 Å². The minimum absolute atomic E-state index is 0.0597. The molecule has 0 radical (unpaired) electrons. The summed E-state index contributed by atoms with van der Waals surface area (Å²) in [4.78, 5) is 27.5. The molecule has 0 aromatic heterocycles. The maximum atomic E-state index is 12.8. The first-order valence-electron chi connectivity index (χ1n) is 14.3. The third-order valence-electron chi connectivity index (χ3n) is 8.22. The number of nitrogens with zero attached hydrogens (tertiary/aromatic N) is 3. The number of hydrogen-bond donors (Lipinski definition) is 1. The van der Waals surface area contributed by atoms with Crippen molar-refractivity contribution in [3.63, 3.8) is 0 Å². The Balaban J connectivity index is 1.21. The van der Waals surface area contributed by atoms with Gasteiger partial charge < -0.3 is 4.90 Å². The Morgan fingerprint density at radius 3 is 2.33 bits per heavy atom. The van der Waals surface area contributed by atoms with Crippen LogP contribution in [0.4, 0.5) is 11.4 Å². The molecule has 1 aliphatic carbocycles. The second kappa shape index (κ2) is 12.5. The molecule has 1 amide bonds. The van der Waals surface area contributed by atoms with Crippen molar-refractivity contribution in [2.45, 2.75) is 38.0 Å². The number of carbonyl (C=O) groups excluding carboxylic acids is 1. The maximum Gasteiger partial charge on any atom is 0.270 e. The van der Waals surface area contributed by atoms with Crippen LogP contribution in [0.25, 0.3) is 5.57 Å². The van der Waals surface area contributed by atoms with Crippen molar-refractivity contribution in [2.75, 3.05) is 37.6 Å². The number of nitro benzene ring substituents is 1. The van der Waals surface area contributed by atoms with E-state index in [0.29, 0.717) is 0 Å². The van der Waals surface area contributed by atoms with Gasteiger partial charge in [0.15, 0.2) is 0 Å². The van der Waals surface area contributed by atoms with Gasteiger partial charge in [-0.15, -0.1) is 0 Å². The lowest BCUT2D eigenvalue weighted by Gasteiger charge is -2.39. The Bertz CT molecular complexity index is 1650. The van der Waals surface area contributed by atoms with Crippen molar-refractivity contribution in [3.8, 4) is 0 Å². The highest BCUT2D eigenvalue weighted by atomic mass is 35.5. The number of nitrogens with one attached hydrogen (secondary N) is 1. The first-order valence-corrected chi connectivity index (χ1v) is 16.1. The van der Waals surface area contributed by atoms with Crippen LogP contribution in [0.2, 0.25) is 5.02 Å². The van der Waals surface area contributed by atoms with Gasteiger partial charge in [-0.2, -0.15) is 0 Å². The molecule has 9 nitrogen and oxygen atoms in total. The lowest BCUT2D eigenvalue weighted by atomic mass is 9.72. The number of hydrogen-bond acceptors (Lipinski definition) is 7. The minimum atomic E-state index is -4.16. The van der Waals surface area contributed by atoms with Crippen molar-refractivity contribution in [1.82, 2.24) is 9.62 Å². The van der Waals surface area contributed by atoms with E-state index in [-0.39, 0.29) is 21.6 Å². The summed E-state index contributed by atoms with van der Waals surface area (Å²) < 4.78 is 27.7. The lowest BCUT2D eigenvalue weighted by Crippen LogP contribution is -2.47. The number of piperazine rings is 1. The monoisotopic (exact) mass is 622 g/mol. The molecule has 1 N–H and O–H groups in total. The number of halogens is 1. The van der Waals surface area contributed by atoms with Gasteiger partial charge in [0.2, 0.25) is 0 Å². The number of amides is 1. The summed E-state index contributed by atoms with van der Waals surface area (Å²) in [6, 6.07) is 19.5. The largest absolute Gasteiger partial charge is 0.369 e. The molecule has 3 aromatic carbocycles. The topological polar surface area (TPSA) is 113 Å². The molecule has 11 heteroatoms. The highest BCUT2D eigenvalue weighted by Crippen LogP contribution is 2.43. The summed E-state index contributed by atoms with van der Waals surface area (Å²) in [7, 11) is -4.16. The second-order valence-electron chi connectivity index (χ2n) is 11.9. The number of benzene rings is 3. The Morgan fingerprint density at radius 2 is 1.67 bits per heavy atom. The van der Waals surface area contributed by atoms with Crippen molar-refractivity contribution in [1.29, 1.82) is 0 Å². The molecule has 2 aliphatic rings. The number of allylic oxidation sites excluding steroid dienone is 1. The standard InChI is InChI=1S/C32H35ClN4O5S/c1-32(2)15-14-25(30(21-32)23-6-8-26(33)9-7-23)22-35-16-18-36(19-17-35)27-10-12-29(13-11-27)43(41,42)34-31(38)24-4-3-5-28(20-24)37(39)40/h3-13,20H,14-19,21-22H2,1-2H3,(H,34,38). The fourth-order valence-corrected chi connectivity index (χ4v) is 6.83. The van der Waals surface area contributed by atoms with E-state index in [9.17, 15) is 23.3 Å². The zero-order valence-electron chi connectivity index (χ0n) is 24.3. The number of nitro groups is 1. The zero-order valence-corrected chi connectivity index (χ0v) is 25.8. The van der Waals surface area contributed by atoms with Gasteiger partial charge in [0.25, 0.3) is 21.6 Å². The van der Waals surface area contributed by atoms with Crippen LogP contribution in [0.1, 0.15) is 49.0 Å². The van der Waals surface area contributed by atoms with Gasteiger partial charge in [0.05, 0.1) is 9.82 Å². The van der Waals surface area contributed by atoms with E-state index >= 15 is 0 Å². The SMILES string of the molecule is CC1(C)CCC(CN2CCN(c3ccc(S(=O)(=O)NC(=O)c4cccc([N+](=O)[O-])c4)cc3)CC2)=C(c2ccc(Cl)cc2)C1. The molecular formula is C32H35ClN4O5S. The van der Waals surface area contributed by atoms with Gasteiger partial charge >= 0.3 is 0 Å². The van der Waals surface area contributed by atoms with E-state index in [1.165, 1.54) is 53.5 Å². The van der Waals surface area contributed by atoms with E-state index in [0.717, 1.165) is 62.3 Å². The highest BCUT2D eigenvalue weighted by Gasteiger charge is 2.29. The summed E-state index contributed by atoms with van der Waals surface area (Å²) in [5.74, 6) is -0.931. The van der Waals surface area contributed by atoms with E-state index in [1.807, 2.05) is 16.9 Å². The number of rotatable bonds is 8. The molecule has 3 aromatic rings. The Kier molecular flexibility index (Phi) is 8.91. The fourth-order valence-electron chi connectivity index (χ4n) is 5.73. The third-order valence-corrected chi connectivity index (χ3v) is 9.82. The summed E-state index contributed by atoms with van der Waals surface area (Å²) in [6.45, 7) is 9.00. The van der Waals surface area contributed by atoms with Crippen LogP contribution < -0.4 is 9.62 Å². The summed E-state index contributed by atoms with van der Waals surface area (Å²) in [6.07, 6.45) is 3.30. The molecule has 0 bridgehead atoms. The molecule has 1 saturated heterocycles. The Morgan fingerprint density at radius 1 is 1.00 bits per heavy atom. The number of anilines is 1. The highest BCUT2D eigenvalue weighted by molar-refractivity contribution is 7.90. The molecule has 1 fully saturated rings. The average Bonchev–Trinajstić information content (AvgIpc) is 2.98. The normalized spacial score (nSPS) is 17.5. The molecular weight excluding hydrogens is 588 g/mol. The molecule has 226 valence electrons. The summed E-state index contributed by atoms with van der Waals surface area (Å²) in [5, 5.41) is 11.7. The number of carbonyl (C=O) groups is 1. The molecule has 0 atom stereocenters. The van der Waals surface area contributed by atoms with Crippen LogP contribution in [0.15, 0.2) is 83.3 Å². The van der Waals surface area contributed by atoms with E-state index in [2.05, 4.69) is 35.8 Å². The van der Waals surface area contributed by atoms with Gasteiger partial charge in [-0.1, -0.05) is 49.2 Å². The maximum absolute atomic E-state index is 12.8. The molecule has 1 heterocycles. The average molecular weight is 623 g/mol. The zero-order chi connectivity index (χ0) is 30.8. The summed E-state index contributed by atoms with van der Waals surface area (Å²) >= 11 is 6.16. The van der Waals surface area contributed by atoms with Crippen LogP contribution >= 0.6 is 11.6 Å². The second-order valence-corrected chi connectivity index (χ2v) is 14.0. The van der Waals surface area contributed by atoms with Crippen molar-refractivity contribution < 1.29 is 18.1 Å². The van der Waals surface area contributed by atoms with Crippen molar-refractivity contribution >= 4 is 44.5 Å². The Hall–Kier alpha value is -3.73. The molecule has 0 spiro atoms. The first kappa shape index (κ1) is 30.7. The number of sulfonamides is 1. The fraction of sp³-hybridized carbons (Fsp3) is 0.344. The predicted octanol–water partition coefficient (Wildman–Crippen LogP) is 6.15. The van der Waals surface area contributed by atoms with Gasteiger partial charge in [-0.25, -0.2) is 13.1 Å². The van der Waals surface area contributed by atoms with Gasteiger partial charge in [-0.05, 0) is 78.3 Å². The van der Waals surface area contributed by atoms with Crippen LogP contribution in [0.5, 0.6) is 0 Å². The molecule has 0 saturated carbocycles. The van der Waals surface area contributed by atoms with Gasteiger partial charge in [0, 0.05) is 61.1 Å². The minimum Gasteiger partial charge on any atom is -0.369 e. The third kappa shape index (κ3) is 7.44. The van der Waals surface area contributed by atoms with E-state index in [4.69, 9.17) is 11.6 Å².